The number of ether oxygens (including phenoxy) is 1. The average molecular weight is 192 g/mol. The highest BCUT2D eigenvalue weighted by molar-refractivity contribution is 5.65. The molecule has 14 heavy (non-hydrogen) atoms. The second-order valence-electron chi connectivity index (χ2n) is 3.82. The Bertz CT molecular complexity index is 319. The van der Waals surface area contributed by atoms with E-state index in [-0.39, 0.29) is 0 Å². The minimum Gasteiger partial charge on any atom is -0.490 e. The maximum atomic E-state index is 5.78. The monoisotopic (exact) mass is 192 g/mol. The Morgan fingerprint density at radius 2 is 1.79 bits per heavy atom. The molecule has 0 atom stereocenters. The molecular formula is C11H16N2O. The van der Waals surface area contributed by atoms with Crippen molar-refractivity contribution in [3.05, 3.63) is 18.2 Å². The Morgan fingerprint density at radius 1 is 1.07 bits per heavy atom. The van der Waals surface area contributed by atoms with Crippen LogP contribution in [-0.2, 0) is 0 Å². The summed E-state index contributed by atoms with van der Waals surface area (Å²) in [5, 5.41) is 0. The van der Waals surface area contributed by atoms with E-state index in [2.05, 4.69) is 0 Å². The van der Waals surface area contributed by atoms with E-state index < -0.39 is 0 Å². The normalized spacial score (nSPS) is 17.1. The highest BCUT2D eigenvalue weighted by atomic mass is 16.5. The van der Waals surface area contributed by atoms with Crippen LogP contribution in [0.3, 0.4) is 0 Å². The van der Waals surface area contributed by atoms with Gasteiger partial charge >= 0.3 is 0 Å². The van der Waals surface area contributed by atoms with Gasteiger partial charge in [0.1, 0.15) is 5.75 Å². The van der Waals surface area contributed by atoms with Crippen LogP contribution in [0.15, 0.2) is 18.2 Å². The first-order chi connectivity index (χ1) is 6.75. The number of hydrogen-bond acceptors (Lipinski definition) is 3. The highest BCUT2D eigenvalue weighted by Crippen LogP contribution is 2.27. The molecule has 1 aliphatic carbocycles. The van der Waals surface area contributed by atoms with Crippen LogP contribution in [0.4, 0.5) is 11.4 Å². The van der Waals surface area contributed by atoms with E-state index >= 15 is 0 Å². The fourth-order valence-electron chi connectivity index (χ4n) is 1.82. The molecule has 76 valence electrons. The molecule has 0 spiro atoms. The molecule has 2 rings (SSSR count). The van der Waals surface area contributed by atoms with Crippen LogP contribution in [0, 0.1) is 0 Å². The third-order valence-corrected chi connectivity index (χ3v) is 2.66. The van der Waals surface area contributed by atoms with E-state index in [4.69, 9.17) is 16.2 Å². The predicted molar refractivity (Wildman–Crippen MR) is 58.2 cm³/mol. The van der Waals surface area contributed by atoms with Crippen LogP contribution in [0.1, 0.15) is 25.7 Å². The van der Waals surface area contributed by atoms with Crippen molar-refractivity contribution in [3.63, 3.8) is 0 Å². The molecular weight excluding hydrogens is 176 g/mol. The van der Waals surface area contributed by atoms with E-state index in [1.165, 1.54) is 12.8 Å². The van der Waals surface area contributed by atoms with Crippen LogP contribution < -0.4 is 16.2 Å². The number of nitrogen functional groups attached to an aromatic ring is 2. The van der Waals surface area contributed by atoms with Crippen molar-refractivity contribution in [2.75, 3.05) is 11.5 Å². The van der Waals surface area contributed by atoms with E-state index in [0.29, 0.717) is 17.5 Å². The third kappa shape index (κ3) is 1.92. The van der Waals surface area contributed by atoms with Gasteiger partial charge in [-0.3, -0.25) is 0 Å². The van der Waals surface area contributed by atoms with Gasteiger partial charge in [0.25, 0.3) is 0 Å². The lowest BCUT2D eigenvalue weighted by Crippen LogP contribution is -2.11. The van der Waals surface area contributed by atoms with Crippen LogP contribution in [0.25, 0.3) is 0 Å². The standard InChI is InChI=1S/C11H16N2O/c12-10-6-5-9(7-11(10)13)14-8-3-1-2-4-8/h5-8H,1-4,12-13H2. The number of hydrogen-bond donors (Lipinski definition) is 2. The van der Waals surface area contributed by atoms with Gasteiger partial charge in [0.05, 0.1) is 17.5 Å². The second kappa shape index (κ2) is 3.78. The SMILES string of the molecule is Nc1ccc(OC2CCCC2)cc1N. The minimum absolute atomic E-state index is 0.373. The molecule has 0 heterocycles. The Hall–Kier alpha value is -1.38. The Labute approximate surface area is 84.0 Å². The lowest BCUT2D eigenvalue weighted by atomic mass is 10.2. The number of rotatable bonds is 2. The molecule has 1 aromatic carbocycles. The molecule has 1 saturated carbocycles. The van der Waals surface area contributed by atoms with Gasteiger partial charge in [-0.15, -0.1) is 0 Å². The highest BCUT2D eigenvalue weighted by Gasteiger charge is 2.16. The number of anilines is 2. The first-order valence-electron chi connectivity index (χ1n) is 5.07. The summed E-state index contributed by atoms with van der Waals surface area (Å²) < 4.78 is 5.78. The summed E-state index contributed by atoms with van der Waals surface area (Å²) in [6.45, 7) is 0. The quantitative estimate of drug-likeness (QED) is 0.706. The average Bonchev–Trinajstić information content (AvgIpc) is 2.64. The fraction of sp³-hybridized carbons (Fsp3) is 0.455. The molecule has 1 aromatic rings. The van der Waals surface area contributed by atoms with Gasteiger partial charge in [0.2, 0.25) is 0 Å². The smallest absolute Gasteiger partial charge is 0.121 e. The summed E-state index contributed by atoms with van der Waals surface area (Å²) in [5.74, 6) is 0.837. The van der Waals surface area contributed by atoms with E-state index in [1.54, 1.807) is 12.1 Å². The van der Waals surface area contributed by atoms with Gasteiger partial charge in [-0.1, -0.05) is 0 Å². The maximum absolute atomic E-state index is 5.78. The lowest BCUT2D eigenvalue weighted by Gasteiger charge is -2.13. The van der Waals surface area contributed by atoms with E-state index in [0.717, 1.165) is 18.6 Å². The molecule has 0 aliphatic heterocycles. The molecule has 1 aliphatic rings. The van der Waals surface area contributed by atoms with Gasteiger partial charge in [0.15, 0.2) is 0 Å². The summed E-state index contributed by atoms with van der Waals surface area (Å²) in [4.78, 5) is 0. The zero-order chi connectivity index (χ0) is 9.97. The number of nitrogens with two attached hydrogens (primary N) is 2. The largest absolute Gasteiger partial charge is 0.490 e. The molecule has 0 amide bonds. The summed E-state index contributed by atoms with van der Waals surface area (Å²) >= 11 is 0. The molecule has 1 fully saturated rings. The van der Waals surface area contributed by atoms with Gasteiger partial charge in [-0.05, 0) is 37.8 Å². The van der Waals surface area contributed by atoms with Crippen LogP contribution in [0.2, 0.25) is 0 Å². The molecule has 3 nitrogen and oxygen atoms in total. The molecule has 4 N–H and O–H groups in total. The summed E-state index contributed by atoms with van der Waals surface area (Å²) in [6, 6.07) is 5.47. The first kappa shape index (κ1) is 9.19. The van der Waals surface area contributed by atoms with Crippen molar-refractivity contribution in [1.82, 2.24) is 0 Å². The van der Waals surface area contributed by atoms with Crippen LogP contribution >= 0.6 is 0 Å². The van der Waals surface area contributed by atoms with Crippen molar-refractivity contribution in [1.29, 1.82) is 0 Å². The van der Waals surface area contributed by atoms with E-state index in [9.17, 15) is 0 Å². The third-order valence-electron chi connectivity index (χ3n) is 2.66. The van der Waals surface area contributed by atoms with Gasteiger partial charge in [-0.2, -0.15) is 0 Å². The summed E-state index contributed by atoms with van der Waals surface area (Å²) in [6.07, 6.45) is 5.23. The van der Waals surface area contributed by atoms with Crippen molar-refractivity contribution < 1.29 is 4.74 Å². The maximum Gasteiger partial charge on any atom is 0.121 e. The van der Waals surface area contributed by atoms with Crippen LogP contribution in [-0.4, -0.2) is 6.10 Å². The molecule has 3 heteroatoms. The summed E-state index contributed by atoms with van der Waals surface area (Å²) in [5.41, 5.74) is 12.5. The molecule has 0 bridgehead atoms. The van der Waals surface area contributed by atoms with Crippen molar-refractivity contribution in [3.8, 4) is 5.75 Å². The van der Waals surface area contributed by atoms with Gasteiger partial charge in [-0.25, -0.2) is 0 Å². The minimum atomic E-state index is 0.373. The topological polar surface area (TPSA) is 61.3 Å². The second-order valence-corrected chi connectivity index (χ2v) is 3.82. The lowest BCUT2D eigenvalue weighted by molar-refractivity contribution is 0.210. The molecule has 0 aromatic heterocycles. The van der Waals surface area contributed by atoms with E-state index in [1.807, 2.05) is 6.07 Å². The fourth-order valence-corrected chi connectivity index (χ4v) is 1.82. The Kier molecular flexibility index (Phi) is 2.48. The van der Waals surface area contributed by atoms with Gasteiger partial charge < -0.3 is 16.2 Å². The first-order valence-corrected chi connectivity index (χ1v) is 5.07. The summed E-state index contributed by atoms with van der Waals surface area (Å²) in [7, 11) is 0. The number of benzene rings is 1. The van der Waals surface area contributed by atoms with Crippen molar-refractivity contribution in [2.45, 2.75) is 31.8 Å². The Morgan fingerprint density at radius 3 is 2.43 bits per heavy atom. The molecule has 0 unspecified atom stereocenters. The molecule has 0 radical (unpaired) electrons. The Balaban J connectivity index is 2.05. The van der Waals surface area contributed by atoms with Gasteiger partial charge in [0, 0.05) is 6.07 Å². The predicted octanol–water partition coefficient (Wildman–Crippen LogP) is 2.17. The van der Waals surface area contributed by atoms with Crippen molar-refractivity contribution >= 4 is 11.4 Å². The zero-order valence-corrected chi connectivity index (χ0v) is 8.20. The zero-order valence-electron chi connectivity index (χ0n) is 8.20. The molecule has 0 saturated heterocycles. The van der Waals surface area contributed by atoms with Crippen LogP contribution in [0.5, 0.6) is 5.75 Å². The van der Waals surface area contributed by atoms with Crippen molar-refractivity contribution in [2.24, 2.45) is 0 Å².